The lowest BCUT2D eigenvalue weighted by Gasteiger charge is -1.98. The van der Waals surface area contributed by atoms with E-state index in [1.165, 1.54) is 5.56 Å². The van der Waals surface area contributed by atoms with E-state index in [-0.39, 0.29) is 18.6 Å². The molecule has 0 atom stereocenters. The number of halogens is 1. The van der Waals surface area contributed by atoms with Crippen LogP contribution in [0, 0.1) is 0 Å². The molecule has 0 aliphatic carbocycles. The summed E-state index contributed by atoms with van der Waals surface area (Å²) in [4.78, 5) is 0. The lowest BCUT2D eigenvalue weighted by atomic mass is 10.1. The number of hydrogen-bond acceptors (Lipinski definition) is 2. The van der Waals surface area contributed by atoms with Gasteiger partial charge in [0.1, 0.15) is 0 Å². The van der Waals surface area contributed by atoms with Gasteiger partial charge in [0.15, 0.2) is 0 Å². The average Bonchev–Trinajstić information content (AvgIpc) is 2.07. The molecule has 1 aromatic rings. The van der Waals surface area contributed by atoms with E-state index in [1.807, 2.05) is 6.07 Å². The second-order valence-electron chi connectivity index (χ2n) is 2.58. The van der Waals surface area contributed by atoms with Gasteiger partial charge in [-0.2, -0.15) is 0 Å². The van der Waals surface area contributed by atoms with Crippen LogP contribution in [0.1, 0.15) is 12.0 Å². The Bertz CT molecular complexity index is 191. The topological polar surface area (TPSA) is 44.2 Å². The Morgan fingerprint density at radius 3 is 2.31 bits per heavy atom. The molecule has 0 unspecified atom stereocenters. The molecular formula is C10H18ClNO. The molecule has 1 aromatic carbocycles. The van der Waals surface area contributed by atoms with Crippen LogP contribution in [0.5, 0.6) is 0 Å². The van der Waals surface area contributed by atoms with Crippen LogP contribution in [-0.4, -0.2) is 13.7 Å². The Hall–Kier alpha value is -0.570. The largest absolute Gasteiger partial charge is 0.385 e. The molecule has 0 saturated carbocycles. The Morgan fingerprint density at radius 1 is 1.15 bits per heavy atom. The van der Waals surface area contributed by atoms with Gasteiger partial charge in [0.05, 0.1) is 0 Å². The first-order valence-electron chi connectivity index (χ1n) is 3.96. The summed E-state index contributed by atoms with van der Waals surface area (Å²) in [6, 6.07) is 10.5. The van der Waals surface area contributed by atoms with Crippen LogP contribution in [0.4, 0.5) is 0 Å². The molecule has 0 aliphatic rings. The monoisotopic (exact) mass is 203 g/mol. The Labute approximate surface area is 86.3 Å². The van der Waals surface area contributed by atoms with Crippen molar-refractivity contribution in [2.75, 3.05) is 13.7 Å². The number of rotatable bonds is 4. The molecule has 76 valence electrons. The van der Waals surface area contributed by atoms with Crippen LogP contribution in [0.3, 0.4) is 0 Å². The molecule has 0 aliphatic heterocycles. The average molecular weight is 204 g/mol. The summed E-state index contributed by atoms with van der Waals surface area (Å²) in [5.41, 5.74) is 1.39. The molecule has 0 fully saturated rings. The zero-order valence-corrected chi connectivity index (χ0v) is 8.85. The van der Waals surface area contributed by atoms with Crippen LogP contribution in [0.15, 0.2) is 30.3 Å². The first-order chi connectivity index (χ1) is 5.43. The summed E-state index contributed by atoms with van der Waals surface area (Å²) in [5, 5.41) is 0. The van der Waals surface area contributed by atoms with Crippen molar-refractivity contribution >= 4 is 12.4 Å². The van der Waals surface area contributed by atoms with E-state index >= 15 is 0 Å². The minimum atomic E-state index is 0. The standard InChI is InChI=1S/C10H14O.ClH.H3N/c1-11-9-5-8-10-6-3-2-4-7-10;;/h2-4,6-7H,5,8-9H2,1H3;1H;1H3. The quantitative estimate of drug-likeness (QED) is 0.765. The van der Waals surface area contributed by atoms with Crippen molar-refractivity contribution in [2.24, 2.45) is 0 Å². The van der Waals surface area contributed by atoms with Gasteiger partial charge in [-0.05, 0) is 18.4 Å². The fourth-order valence-electron chi connectivity index (χ4n) is 1.07. The Kier molecular flexibility index (Phi) is 10.9. The maximum absolute atomic E-state index is 4.96. The molecule has 0 saturated heterocycles. The number of benzene rings is 1. The SMILES string of the molecule is COCCCc1ccccc1.Cl.N. The van der Waals surface area contributed by atoms with Crippen molar-refractivity contribution in [1.29, 1.82) is 0 Å². The highest BCUT2D eigenvalue weighted by Gasteiger charge is 1.89. The highest BCUT2D eigenvalue weighted by Crippen LogP contribution is 2.01. The smallest absolute Gasteiger partial charge is 0.0465 e. The third kappa shape index (κ3) is 6.58. The molecule has 1 rings (SSSR count). The minimum Gasteiger partial charge on any atom is -0.385 e. The molecule has 3 N–H and O–H groups in total. The molecule has 0 amide bonds. The van der Waals surface area contributed by atoms with E-state index in [4.69, 9.17) is 4.74 Å². The first-order valence-corrected chi connectivity index (χ1v) is 3.96. The number of aryl methyl sites for hydroxylation is 1. The third-order valence-corrected chi connectivity index (χ3v) is 1.66. The van der Waals surface area contributed by atoms with Gasteiger partial charge in [-0.3, -0.25) is 0 Å². The number of ether oxygens (including phenoxy) is 1. The summed E-state index contributed by atoms with van der Waals surface area (Å²) >= 11 is 0. The number of methoxy groups -OCH3 is 1. The van der Waals surface area contributed by atoms with E-state index < -0.39 is 0 Å². The predicted molar refractivity (Wildman–Crippen MR) is 58.9 cm³/mol. The molecule has 0 heterocycles. The van der Waals surface area contributed by atoms with Crippen molar-refractivity contribution in [1.82, 2.24) is 6.15 Å². The van der Waals surface area contributed by atoms with Crippen molar-refractivity contribution < 1.29 is 4.74 Å². The van der Waals surface area contributed by atoms with Crippen LogP contribution in [0.25, 0.3) is 0 Å². The second kappa shape index (κ2) is 9.52. The lowest BCUT2D eigenvalue weighted by molar-refractivity contribution is 0.195. The highest BCUT2D eigenvalue weighted by atomic mass is 35.5. The zero-order valence-electron chi connectivity index (χ0n) is 8.03. The van der Waals surface area contributed by atoms with Gasteiger partial charge in [-0.1, -0.05) is 30.3 Å². The summed E-state index contributed by atoms with van der Waals surface area (Å²) in [6.07, 6.45) is 2.23. The van der Waals surface area contributed by atoms with E-state index in [0.29, 0.717) is 0 Å². The van der Waals surface area contributed by atoms with Crippen LogP contribution in [-0.2, 0) is 11.2 Å². The maximum atomic E-state index is 4.96. The molecule has 3 heteroatoms. The van der Waals surface area contributed by atoms with Crippen molar-refractivity contribution in [2.45, 2.75) is 12.8 Å². The van der Waals surface area contributed by atoms with Crippen molar-refractivity contribution in [3.63, 3.8) is 0 Å². The van der Waals surface area contributed by atoms with Crippen LogP contribution < -0.4 is 6.15 Å². The summed E-state index contributed by atoms with van der Waals surface area (Å²) in [5.74, 6) is 0. The van der Waals surface area contributed by atoms with E-state index in [1.54, 1.807) is 7.11 Å². The molecule has 13 heavy (non-hydrogen) atoms. The van der Waals surface area contributed by atoms with Gasteiger partial charge in [0.25, 0.3) is 0 Å². The lowest BCUT2D eigenvalue weighted by Crippen LogP contribution is -1.91. The van der Waals surface area contributed by atoms with Gasteiger partial charge in [-0.15, -0.1) is 12.4 Å². The Balaban J connectivity index is 0. The minimum absolute atomic E-state index is 0. The maximum Gasteiger partial charge on any atom is 0.0465 e. The molecule has 0 aromatic heterocycles. The van der Waals surface area contributed by atoms with E-state index in [2.05, 4.69) is 24.3 Å². The van der Waals surface area contributed by atoms with Gasteiger partial charge >= 0.3 is 0 Å². The molecule has 0 spiro atoms. The summed E-state index contributed by atoms with van der Waals surface area (Å²) in [7, 11) is 1.74. The first kappa shape index (κ1) is 14.9. The fourth-order valence-corrected chi connectivity index (χ4v) is 1.07. The molecule has 0 radical (unpaired) electrons. The summed E-state index contributed by atoms with van der Waals surface area (Å²) < 4.78 is 4.96. The third-order valence-electron chi connectivity index (χ3n) is 1.66. The van der Waals surface area contributed by atoms with Gasteiger partial charge in [0, 0.05) is 13.7 Å². The molecule has 0 bridgehead atoms. The van der Waals surface area contributed by atoms with Gasteiger partial charge < -0.3 is 10.9 Å². The molecular weight excluding hydrogens is 186 g/mol. The van der Waals surface area contributed by atoms with Crippen molar-refractivity contribution in [3.05, 3.63) is 35.9 Å². The molecule has 2 nitrogen and oxygen atoms in total. The predicted octanol–water partition coefficient (Wildman–Crippen LogP) is 2.85. The zero-order chi connectivity index (χ0) is 7.94. The van der Waals surface area contributed by atoms with E-state index in [0.717, 1.165) is 19.4 Å². The van der Waals surface area contributed by atoms with Gasteiger partial charge in [0.2, 0.25) is 0 Å². The highest BCUT2D eigenvalue weighted by molar-refractivity contribution is 5.85. The van der Waals surface area contributed by atoms with E-state index in [9.17, 15) is 0 Å². The summed E-state index contributed by atoms with van der Waals surface area (Å²) in [6.45, 7) is 0.856. The van der Waals surface area contributed by atoms with Crippen LogP contribution >= 0.6 is 12.4 Å². The van der Waals surface area contributed by atoms with Gasteiger partial charge in [-0.25, -0.2) is 0 Å². The van der Waals surface area contributed by atoms with Crippen LogP contribution in [0.2, 0.25) is 0 Å². The second-order valence-corrected chi connectivity index (χ2v) is 2.58. The number of hydrogen-bond donors (Lipinski definition) is 1. The Morgan fingerprint density at radius 2 is 1.77 bits per heavy atom. The fraction of sp³-hybridized carbons (Fsp3) is 0.400. The normalized spacial score (nSPS) is 8.38. The van der Waals surface area contributed by atoms with Crippen molar-refractivity contribution in [3.8, 4) is 0 Å².